The van der Waals surface area contributed by atoms with Crippen LogP contribution in [0.4, 0.5) is 5.95 Å². The Balaban J connectivity index is 2.03. The van der Waals surface area contributed by atoms with Crippen LogP contribution in [0.15, 0.2) is 12.3 Å². The molecule has 2 rings (SSSR count). The molecule has 1 unspecified atom stereocenters. The number of hydrogen-bond acceptors (Lipinski definition) is 4. The van der Waals surface area contributed by atoms with Crippen molar-refractivity contribution in [2.75, 3.05) is 24.5 Å². The van der Waals surface area contributed by atoms with Gasteiger partial charge in [0.25, 0.3) is 0 Å². The zero-order chi connectivity index (χ0) is 11.4. The van der Waals surface area contributed by atoms with Crippen LogP contribution < -0.4 is 10.2 Å². The van der Waals surface area contributed by atoms with E-state index in [1.54, 1.807) is 12.3 Å². The van der Waals surface area contributed by atoms with Crippen LogP contribution in [-0.2, 0) is 0 Å². The smallest absolute Gasteiger partial charge is 0.226 e. The molecule has 1 aromatic rings. The van der Waals surface area contributed by atoms with Gasteiger partial charge in [0.1, 0.15) is 5.15 Å². The summed E-state index contributed by atoms with van der Waals surface area (Å²) in [5.41, 5.74) is 0. The molecule has 0 aromatic carbocycles. The molecule has 0 spiro atoms. The van der Waals surface area contributed by atoms with Crippen LogP contribution in [0.25, 0.3) is 0 Å². The van der Waals surface area contributed by atoms with Gasteiger partial charge in [0.15, 0.2) is 0 Å². The predicted octanol–water partition coefficient (Wildman–Crippen LogP) is 1.71. The first-order valence-corrected chi connectivity index (χ1v) is 6.14. The molecule has 1 saturated heterocycles. The summed E-state index contributed by atoms with van der Waals surface area (Å²) < 4.78 is 0. The van der Waals surface area contributed by atoms with Crippen molar-refractivity contribution in [1.29, 1.82) is 0 Å². The van der Waals surface area contributed by atoms with E-state index in [9.17, 15) is 0 Å². The van der Waals surface area contributed by atoms with Crippen LogP contribution in [0.2, 0.25) is 5.15 Å². The van der Waals surface area contributed by atoms with Crippen molar-refractivity contribution < 1.29 is 0 Å². The van der Waals surface area contributed by atoms with Gasteiger partial charge in [0, 0.05) is 25.3 Å². The minimum Gasteiger partial charge on any atom is -0.339 e. The van der Waals surface area contributed by atoms with Crippen LogP contribution in [0.1, 0.15) is 19.8 Å². The maximum Gasteiger partial charge on any atom is 0.226 e. The molecular weight excluding hydrogens is 224 g/mol. The molecule has 16 heavy (non-hydrogen) atoms. The third-order valence-corrected chi connectivity index (χ3v) is 3.02. The molecule has 2 heterocycles. The Morgan fingerprint density at radius 1 is 1.62 bits per heavy atom. The van der Waals surface area contributed by atoms with Crippen molar-refractivity contribution in [3.05, 3.63) is 17.4 Å². The number of piperidine rings is 1. The summed E-state index contributed by atoms with van der Waals surface area (Å²) in [6.45, 7) is 5.13. The first kappa shape index (κ1) is 11.6. The zero-order valence-corrected chi connectivity index (χ0v) is 10.2. The quantitative estimate of drug-likeness (QED) is 0.817. The highest BCUT2D eigenvalue weighted by Gasteiger charge is 2.20. The van der Waals surface area contributed by atoms with Gasteiger partial charge >= 0.3 is 0 Å². The summed E-state index contributed by atoms with van der Waals surface area (Å²) in [6, 6.07) is 2.25. The lowest BCUT2D eigenvalue weighted by molar-refractivity contribution is 0.427. The molecule has 0 amide bonds. The molecule has 1 aliphatic heterocycles. The van der Waals surface area contributed by atoms with E-state index < -0.39 is 0 Å². The van der Waals surface area contributed by atoms with Crippen molar-refractivity contribution in [3.8, 4) is 0 Å². The van der Waals surface area contributed by atoms with Crippen molar-refractivity contribution in [2.45, 2.75) is 25.8 Å². The van der Waals surface area contributed by atoms with Crippen LogP contribution in [0, 0.1) is 0 Å². The van der Waals surface area contributed by atoms with E-state index in [0.29, 0.717) is 11.2 Å². The third-order valence-electron chi connectivity index (χ3n) is 2.81. The standard InChI is InChI=1S/C11H17ClN4/c1-2-13-9-4-3-7-16(8-9)11-14-6-5-10(12)15-11/h5-6,9,13H,2-4,7-8H2,1H3. The highest BCUT2D eigenvalue weighted by Crippen LogP contribution is 2.17. The normalized spacial score (nSPS) is 21.1. The van der Waals surface area contributed by atoms with Crippen LogP contribution >= 0.6 is 11.6 Å². The van der Waals surface area contributed by atoms with Gasteiger partial charge in [0.05, 0.1) is 0 Å². The van der Waals surface area contributed by atoms with Crippen molar-refractivity contribution >= 4 is 17.5 Å². The number of halogens is 1. The van der Waals surface area contributed by atoms with Gasteiger partial charge in [-0.05, 0) is 25.5 Å². The first-order chi connectivity index (χ1) is 7.79. The molecule has 0 radical (unpaired) electrons. The van der Waals surface area contributed by atoms with E-state index >= 15 is 0 Å². The van der Waals surface area contributed by atoms with Crippen molar-refractivity contribution in [1.82, 2.24) is 15.3 Å². The average molecular weight is 241 g/mol. The fraction of sp³-hybridized carbons (Fsp3) is 0.636. The van der Waals surface area contributed by atoms with Gasteiger partial charge in [-0.15, -0.1) is 0 Å². The predicted molar refractivity (Wildman–Crippen MR) is 66.0 cm³/mol. The van der Waals surface area contributed by atoms with E-state index in [0.717, 1.165) is 25.6 Å². The van der Waals surface area contributed by atoms with E-state index in [1.165, 1.54) is 12.8 Å². The molecule has 1 aromatic heterocycles. The molecule has 1 aliphatic rings. The van der Waals surface area contributed by atoms with Gasteiger partial charge in [0.2, 0.25) is 5.95 Å². The van der Waals surface area contributed by atoms with Crippen LogP contribution in [0.3, 0.4) is 0 Å². The Morgan fingerprint density at radius 3 is 3.25 bits per heavy atom. The Morgan fingerprint density at radius 2 is 2.50 bits per heavy atom. The monoisotopic (exact) mass is 240 g/mol. The average Bonchev–Trinajstić information content (AvgIpc) is 2.30. The molecule has 88 valence electrons. The van der Waals surface area contributed by atoms with Gasteiger partial charge in [-0.3, -0.25) is 0 Å². The van der Waals surface area contributed by atoms with E-state index in [1.807, 2.05) is 0 Å². The summed E-state index contributed by atoms with van der Waals surface area (Å²) in [7, 11) is 0. The minimum atomic E-state index is 0.510. The topological polar surface area (TPSA) is 41.0 Å². The van der Waals surface area contributed by atoms with E-state index in [-0.39, 0.29) is 0 Å². The van der Waals surface area contributed by atoms with Gasteiger partial charge in [-0.25, -0.2) is 9.97 Å². The lowest BCUT2D eigenvalue weighted by atomic mass is 10.1. The highest BCUT2D eigenvalue weighted by atomic mass is 35.5. The fourth-order valence-corrected chi connectivity index (χ4v) is 2.23. The van der Waals surface area contributed by atoms with Crippen molar-refractivity contribution in [2.24, 2.45) is 0 Å². The minimum absolute atomic E-state index is 0.510. The van der Waals surface area contributed by atoms with Crippen LogP contribution in [0.5, 0.6) is 0 Å². The molecule has 1 atom stereocenters. The Hall–Kier alpha value is -0.870. The van der Waals surface area contributed by atoms with Gasteiger partial charge < -0.3 is 10.2 Å². The number of anilines is 1. The highest BCUT2D eigenvalue weighted by molar-refractivity contribution is 6.29. The largest absolute Gasteiger partial charge is 0.339 e. The first-order valence-electron chi connectivity index (χ1n) is 5.76. The number of nitrogens with one attached hydrogen (secondary N) is 1. The molecule has 5 heteroatoms. The summed E-state index contributed by atoms with van der Waals surface area (Å²) in [6.07, 6.45) is 4.11. The summed E-state index contributed by atoms with van der Waals surface area (Å²) in [5, 5.41) is 3.98. The van der Waals surface area contributed by atoms with E-state index in [2.05, 4.69) is 27.1 Å². The second-order valence-corrected chi connectivity index (χ2v) is 4.41. The number of nitrogens with zero attached hydrogens (tertiary/aromatic N) is 3. The number of hydrogen-bond donors (Lipinski definition) is 1. The summed E-state index contributed by atoms with van der Waals surface area (Å²) in [5.74, 6) is 0.745. The van der Waals surface area contributed by atoms with Crippen LogP contribution in [-0.4, -0.2) is 35.6 Å². The second kappa shape index (κ2) is 5.46. The summed E-state index contributed by atoms with van der Waals surface area (Å²) in [4.78, 5) is 10.7. The zero-order valence-electron chi connectivity index (χ0n) is 9.49. The lowest BCUT2D eigenvalue weighted by Crippen LogP contribution is -2.46. The number of aromatic nitrogens is 2. The van der Waals surface area contributed by atoms with E-state index in [4.69, 9.17) is 11.6 Å². The molecule has 0 bridgehead atoms. The van der Waals surface area contributed by atoms with Gasteiger partial charge in [-0.2, -0.15) is 0 Å². The number of likely N-dealkylation sites (N-methyl/N-ethyl adjacent to an activating group) is 1. The Kier molecular flexibility index (Phi) is 3.96. The maximum atomic E-state index is 5.87. The molecule has 0 aliphatic carbocycles. The Bertz CT molecular complexity index is 343. The number of rotatable bonds is 3. The molecular formula is C11H17ClN4. The fourth-order valence-electron chi connectivity index (χ4n) is 2.09. The lowest BCUT2D eigenvalue weighted by Gasteiger charge is -2.33. The summed E-state index contributed by atoms with van der Waals surface area (Å²) >= 11 is 5.87. The molecule has 1 N–H and O–H groups in total. The SMILES string of the molecule is CCNC1CCCN(c2nccc(Cl)n2)C1. The molecule has 0 saturated carbocycles. The molecule has 1 fully saturated rings. The Labute approximate surface area is 101 Å². The van der Waals surface area contributed by atoms with Gasteiger partial charge in [-0.1, -0.05) is 18.5 Å². The second-order valence-electron chi connectivity index (χ2n) is 4.02. The third kappa shape index (κ3) is 2.83. The maximum absolute atomic E-state index is 5.87. The van der Waals surface area contributed by atoms with Crippen molar-refractivity contribution in [3.63, 3.8) is 0 Å². The molecule has 4 nitrogen and oxygen atoms in total.